The van der Waals surface area contributed by atoms with Gasteiger partial charge in [-0.25, -0.2) is 0 Å². The third-order valence-electron chi connectivity index (χ3n) is 4.62. The molecule has 0 saturated carbocycles. The third kappa shape index (κ3) is 3.32. The second-order valence-corrected chi connectivity index (χ2v) is 6.23. The van der Waals surface area contributed by atoms with Crippen molar-refractivity contribution in [2.24, 2.45) is 0 Å². The minimum atomic E-state index is -4.79. The summed E-state index contributed by atoms with van der Waals surface area (Å²) in [5, 5.41) is 11.8. The molecular weight excluding hydrogens is 361 g/mol. The number of alkyl halides is 3. The number of nitrogens with one attached hydrogen (secondary N) is 1. The molecule has 1 atom stereocenters. The number of carbonyl (C=O) groups is 1. The minimum Gasteiger partial charge on any atom is -0.497 e. The first kappa shape index (κ1) is 19.0. The first-order chi connectivity index (χ1) is 12.8. The topological polar surface area (TPSA) is 61.8 Å². The van der Waals surface area contributed by atoms with Crippen LogP contribution in [0.3, 0.4) is 0 Å². The van der Waals surface area contributed by atoms with E-state index < -0.39 is 37.3 Å². The molecule has 0 saturated heterocycles. The number of fused-ring (bicyclic) bond motifs is 1. The van der Waals surface area contributed by atoms with Crippen molar-refractivity contribution in [3.05, 3.63) is 59.7 Å². The van der Waals surface area contributed by atoms with Gasteiger partial charge in [-0.05, 0) is 29.8 Å². The Morgan fingerprint density at radius 2 is 1.93 bits per heavy atom. The molecule has 1 amide bonds. The van der Waals surface area contributed by atoms with Gasteiger partial charge < -0.3 is 20.1 Å². The highest BCUT2D eigenvalue weighted by Gasteiger charge is 2.62. The zero-order valence-corrected chi connectivity index (χ0v) is 14.6. The number of ether oxygens (including phenoxy) is 1. The summed E-state index contributed by atoms with van der Waals surface area (Å²) in [5.74, 6) is -0.438. The number of rotatable bonds is 5. The summed E-state index contributed by atoms with van der Waals surface area (Å²) in [5.41, 5.74) is -2.05. The van der Waals surface area contributed by atoms with Gasteiger partial charge in [0.05, 0.1) is 13.7 Å². The van der Waals surface area contributed by atoms with E-state index in [9.17, 15) is 23.1 Å². The van der Waals surface area contributed by atoms with Crippen molar-refractivity contribution < 1.29 is 27.8 Å². The molecule has 3 rings (SSSR count). The Morgan fingerprint density at radius 3 is 2.52 bits per heavy atom. The molecule has 1 heterocycles. The van der Waals surface area contributed by atoms with Crippen molar-refractivity contribution >= 4 is 11.6 Å². The van der Waals surface area contributed by atoms with Crippen molar-refractivity contribution in [2.45, 2.75) is 18.3 Å². The van der Waals surface area contributed by atoms with Gasteiger partial charge >= 0.3 is 6.18 Å². The van der Waals surface area contributed by atoms with Crippen molar-refractivity contribution in [3.63, 3.8) is 0 Å². The summed E-state index contributed by atoms with van der Waals surface area (Å²) in [6.45, 7) is -1.06. The largest absolute Gasteiger partial charge is 0.497 e. The maximum atomic E-state index is 14.3. The van der Waals surface area contributed by atoms with Gasteiger partial charge in [-0.1, -0.05) is 24.3 Å². The highest BCUT2D eigenvalue weighted by molar-refractivity contribution is 5.98. The monoisotopic (exact) mass is 380 g/mol. The first-order valence-corrected chi connectivity index (χ1v) is 8.32. The van der Waals surface area contributed by atoms with Crippen molar-refractivity contribution in [2.75, 3.05) is 25.6 Å². The molecule has 27 heavy (non-hydrogen) atoms. The number of aliphatic hydroxyl groups excluding tert-OH is 1. The maximum absolute atomic E-state index is 14.3. The number of halogens is 3. The lowest BCUT2D eigenvalue weighted by molar-refractivity contribution is -0.216. The third-order valence-corrected chi connectivity index (χ3v) is 4.62. The summed E-state index contributed by atoms with van der Waals surface area (Å²) in [7, 11) is 1.41. The second-order valence-electron chi connectivity index (χ2n) is 6.23. The molecule has 0 aromatic heterocycles. The van der Waals surface area contributed by atoms with Crippen molar-refractivity contribution in [1.82, 2.24) is 4.90 Å². The number of amides is 1. The van der Waals surface area contributed by atoms with Crippen LogP contribution in [0.25, 0.3) is 0 Å². The minimum absolute atomic E-state index is 0.137. The van der Waals surface area contributed by atoms with Crippen LogP contribution in [-0.4, -0.2) is 48.0 Å². The molecule has 1 unspecified atom stereocenters. The van der Waals surface area contributed by atoms with E-state index in [2.05, 4.69) is 5.32 Å². The summed E-state index contributed by atoms with van der Waals surface area (Å²) in [4.78, 5) is 13.6. The quantitative estimate of drug-likeness (QED) is 0.837. The van der Waals surface area contributed by atoms with E-state index >= 15 is 0 Å². The highest BCUT2D eigenvalue weighted by atomic mass is 19.4. The predicted octanol–water partition coefficient (Wildman–Crippen LogP) is 3.06. The first-order valence-electron chi connectivity index (χ1n) is 8.32. The Balaban J connectivity index is 2.16. The highest BCUT2D eigenvalue weighted by Crippen LogP contribution is 2.43. The van der Waals surface area contributed by atoms with E-state index in [0.717, 1.165) is 0 Å². The number of para-hydroxylation sites is 1. The molecule has 2 N–H and O–H groups in total. The lowest BCUT2D eigenvalue weighted by Gasteiger charge is -2.48. The molecule has 2 aromatic rings. The molecule has 0 bridgehead atoms. The van der Waals surface area contributed by atoms with E-state index in [1.165, 1.54) is 37.4 Å². The number of carbonyl (C=O) groups excluding carboxylic acids is 1. The molecule has 0 radical (unpaired) electrons. The Kier molecular flexibility index (Phi) is 5.01. The zero-order chi connectivity index (χ0) is 19.7. The summed E-state index contributed by atoms with van der Waals surface area (Å²) in [6, 6.07) is 12.3. The number of β-amino-alcohol motifs (C(OH)–C–C–N with tert-alkyl or cyclic N) is 1. The smallest absolute Gasteiger partial charge is 0.430 e. The van der Waals surface area contributed by atoms with Gasteiger partial charge in [0.15, 0.2) is 0 Å². The molecule has 8 heteroatoms. The Hall–Kier alpha value is -2.74. The molecular formula is C19H19F3N2O3. The molecule has 5 nitrogen and oxygen atoms in total. The number of anilines is 1. The standard InChI is InChI=1S/C19H19F3N2O3/c1-27-15-8-7-13-12-18(19(20,21)22,23-14-5-3-2-4-6-14)24(9-10-25)17(26)16(13)11-15/h2-8,11,23,25H,9-10,12H2,1H3. The SMILES string of the molecule is COc1ccc2c(c1)C(=O)N(CCO)C(Nc1ccccc1)(C(F)(F)F)C2. The fraction of sp³-hybridized carbons (Fsp3) is 0.316. The lowest BCUT2D eigenvalue weighted by Crippen LogP contribution is -2.69. The normalized spacial score (nSPS) is 19.6. The molecule has 144 valence electrons. The average Bonchev–Trinajstić information content (AvgIpc) is 2.64. The van der Waals surface area contributed by atoms with Crippen LogP contribution in [0.2, 0.25) is 0 Å². The van der Waals surface area contributed by atoms with Gasteiger partial charge in [0.25, 0.3) is 5.91 Å². The number of benzene rings is 2. The maximum Gasteiger partial charge on any atom is 0.430 e. The number of methoxy groups -OCH3 is 1. The fourth-order valence-electron chi connectivity index (χ4n) is 3.31. The van der Waals surface area contributed by atoms with Crippen LogP contribution < -0.4 is 10.1 Å². The van der Waals surface area contributed by atoms with Crippen LogP contribution in [-0.2, 0) is 6.42 Å². The van der Waals surface area contributed by atoms with Gasteiger partial charge in [-0.15, -0.1) is 0 Å². The molecule has 1 aliphatic heterocycles. The number of hydrogen-bond acceptors (Lipinski definition) is 4. The average molecular weight is 380 g/mol. The van der Waals surface area contributed by atoms with Gasteiger partial charge in [0.2, 0.25) is 5.66 Å². The number of hydrogen-bond donors (Lipinski definition) is 2. The Bertz CT molecular complexity index is 827. The Labute approximate surface area is 154 Å². The van der Waals surface area contributed by atoms with Gasteiger partial charge in [-0.3, -0.25) is 4.79 Å². The van der Waals surface area contributed by atoms with Crippen LogP contribution in [0, 0.1) is 0 Å². The number of nitrogens with zero attached hydrogens (tertiary/aromatic N) is 1. The van der Waals surface area contributed by atoms with E-state index in [4.69, 9.17) is 4.74 Å². The van der Waals surface area contributed by atoms with Crippen LogP contribution in [0.4, 0.5) is 18.9 Å². The summed E-state index contributed by atoms with van der Waals surface area (Å²) >= 11 is 0. The predicted molar refractivity (Wildman–Crippen MR) is 93.7 cm³/mol. The van der Waals surface area contributed by atoms with E-state index in [1.54, 1.807) is 18.2 Å². The van der Waals surface area contributed by atoms with Gasteiger partial charge in [-0.2, -0.15) is 13.2 Å². The van der Waals surface area contributed by atoms with Gasteiger partial charge in [0.1, 0.15) is 5.75 Å². The number of aliphatic hydroxyl groups is 1. The molecule has 2 aromatic carbocycles. The molecule has 0 fully saturated rings. The second kappa shape index (κ2) is 7.11. The van der Waals surface area contributed by atoms with Crippen LogP contribution in [0.5, 0.6) is 5.75 Å². The van der Waals surface area contributed by atoms with Gasteiger partial charge in [0, 0.05) is 24.2 Å². The van der Waals surface area contributed by atoms with Crippen molar-refractivity contribution in [3.8, 4) is 5.75 Å². The van der Waals surface area contributed by atoms with E-state index in [1.807, 2.05) is 0 Å². The molecule has 0 aliphatic carbocycles. The zero-order valence-electron chi connectivity index (χ0n) is 14.6. The van der Waals surface area contributed by atoms with E-state index in [-0.39, 0.29) is 16.8 Å². The Morgan fingerprint density at radius 1 is 1.22 bits per heavy atom. The molecule has 0 spiro atoms. The fourth-order valence-corrected chi connectivity index (χ4v) is 3.31. The lowest BCUT2D eigenvalue weighted by atomic mass is 9.87. The summed E-state index contributed by atoms with van der Waals surface area (Å²) in [6.07, 6.45) is -5.28. The van der Waals surface area contributed by atoms with Crippen LogP contribution in [0.15, 0.2) is 48.5 Å². The molecule has 1 aliphatic rings. The summed E-state index contributed by atoms with van der Waals surface area (Å²) < 4.78 is 48.0. The van der Waals surface area contributed by atoms with Crippen LogP contribution >= 0.6 is 0 Å². The van der Waals surface area contributed by atoms with E-state index in [0.29, 0.717) is 10.6 Å². The van der Waals surface area contributed by atoms with Crippen molar-refractivity contribution in [1.29, 1.82) is 0 Å². The van der Waals surface area contributed by atoms with Crippen LogP contribution in [0.1, 0.15) is 15.9 Å².